The summed E-state index contributed by atoms with van der Waals surface area (Å²) in [6.45, 7) is 1.79. The van der Waals surface area contributed by atoms with Crippen molar-refractivity contribution in [2.24, 2.45) is 0 Å². The number of rotatable bonds is 3. The topological polar surface area (TPSA) is 62.2 Å². The van der Waals surface area contributed by atoms with Crippen LogP contribution in [0.1, 0.15) is 15.9 Å². The third-order valence-corrected chi connectivity index (χ3v) is 3.31. The number of aromatic nitrogens is 1. The highest BCUT2D eigenvalue weighted by Gasteiger charge is 2.14. The summed E-state index contributed by atoms with van der Waals surface area (Å²) in [4.78, 5) is 14.8. The molecule has 20 heavy (non-hydrogen) atoms. The Hall–Kier alpha value is -1.85. The van der Waals surface area contributed by atoms with E-state index in [0.29, 0.717) is 15.7 Å². The Balaban J connectivity index is 2.45. The van der Waals surface area contributed by atoms with E-state index in [-0.39, 0.29) is 11.4 Å². The number of benzene rings is 1. The highest BCUT2D eigenvalue weighted by atomic mass is 35.5. The molecule has 2 aromatic rings. The molecule has 2 N–H and O–H groups in total. The number of hydrogen-bond donors (Lipinski definition) is 2. The Bertz CT molecular complexity index is 692. The van der Waals surface area contributed by atoms with Gasteiger partial charge < -0.3 is 10.4 Å². The zero-order valence-corrected chi connectivity index (χ0v) is 11.8. The van der Waals surface area contributed by atoms with E-state index in [0.717, 1.165) is 17.8 Å². The molecular formula is C13H9Cl2FN2O2. The van der Waals surface area contributed by atoms with Gasteiger partial charge >= 0.3 is 5.97 Å². The molecule has 0 aliphatic rings. The molecule has 1 aromatic heterocycles. The number of hydrogen-bond acceptors (Lipinski definition) is 3. The average molecular weight is 315 g/mol. The molecule has 1 aromatic carbocycles. The van der Waals surface area contributed by atoms with Gasteiger partial charge in [0, 0.05) is 5.02 Å². The number of carboxylic acid groups (broad SMARTS) is 1. The van der Waals surface area contributed by atoms with Crippen molar-refractivity contribution in [1.29, 1.82) is 0 Å². The van der Waals surface area contributed by atoms with Crippen LogP contribution in [0.2, 0.25) is 10.0 Å². The molecule has 2 rings (SSSR count). The molecular weight excluding hydrogens is 306 g/mol. The summed E-state index contributed by atoms with van der Waals surface area (Å²) < 4.78 is 13.0. The second kappa shape index (κ2) is 5.64. The lowest BCUT2D eigenvalue weighted by molar-refractivity contribution is 0.0697. The van der Waals surface area contributed by atoms with E-state index in [1.807, 2.05) is 0 Å². The molecule has 104 valence electrons. The molecule has 0 unspecified atom stereocenters. The van der Waals surface area contributed by atoms with Crippen LogP contribution in [0, 0.1) is 12.7 Å². The van der Waals surface area contributed by atoms with Gasteiger partial charge in [-0.05, 0) is 30.7 Å². The summed E-state index contributed by atoms with van der Waals surface area (Å²) >= 11 is 12.0. The lowest BCUT2D eigenvalue weighted by Crippen LogP contribution is -2.06. The predicted octanol–water partition coefficient (Wildman–Crippen LogP) is 4.28. The average Bonchev–Trinajstić information content (AvgIpc) is 2.37. The molecule has 4 nitrogen and oxygen atoms in total. The van der Waals surface area contributed by atoms with E-state index in [2.05, 4.69) is 10.3 Å². The number of aromatic carboxylic acids is 1. The molecule has 0 amide bonds. The third-order valence-electron chi connectivity index (χ3n) is 2.59. The van der Waals surface area contributed by atoms with E-state index in [1.165, 1.54) is 0 Å². The fourth-order valence-electron chi connectivity index (χ4n) is 1.57. The van der Waals surface area contributed by atoms with Gasteiger partial charge in [0.05, 0.1) is 16.9 Å². The molecule has 1 heterocycles. The lowest BCUT2D eigenvalue weighted by atomic mass is 10.2. The van der Waals surface area contributed by atoms with Crippen LogP contribution in [-0.2, 0) is 0 Å². The normalized spacial score (nSPS) is 10.4. The summed E-state index contributed by atoms with van der Waals surface area (Å²) in [6, 6.07) is 4.06. The Labute approximate surface area is 124 Å². The molecule has 0 saturated carbocycles. The molecule has 7 heteroatoms. The van der Waals surface area contributed by atoms with Crippen LogP contribution in [0.15, 0.2) is 24.4 Å². The first-order chi connectivity index (χ1) is 9.38. The van der Waals surface area contributed by atoms with Gasteiger partial charge in [-0.25, -0.2) is 14.2 Å². The van der Waals surface area contributed by atoms with Gasteiger partial charge in [0.25, 0.3) is 0 Å². The van der Waals surface area contributed by atoms with Crippen molar-refractivity contribution < 1.29 is 14.3 Å². The van der Waals surface area contributed by atoms with Gasteiger partial charge in [-0.1, -0.05) is 23.2 Å². The number of nitrogens with one attached hydrogen (secondary N) is 1. The van der Waals surface area contributed by atoms with E-state index in [4.69, 9.17) is 28.3 Å². The minimum absolute atomic E-state index is 0.0132. The summed E-state index contributed by atoms with van der Waals surface area (Å²) in [5.41, 5.74) is 0.884. The van der Waals surface area contributed by atoms with Gasteiger partial charge in [0.1, 0.15) is 17.2 Å². The van der Waals surface area contributed by atoms with Gasteiger partial charge in [-0.15, -0.1) is 0 Å². The van der Waals surface area contributed by atoms with Crippen LogP contribution in [0.5, 0.6) is 0 Å². The van der Waals surface area contributed by atoms with Gasteiger partial charge in [0.2, 0.25) is 0 Å². The standard InChI is InChI=1S/C13H9Cl2FN2O2/c1-6-2-10(15)11(4-9(6)14)18-12-8(13(19)20)3-7(16)5-17-12/h2-5H,1H3,(H,17,18)(H,19,20). The summed E-state index contributed by atoms with van der Waals surface area (Å²) in [5, 5.41) is 12.6. The summed E-state index contributed by atoms with van der Waals surface area (Å²) in [7, 11) is 0. The molecule has 0 bridgehead atoms. The molecule has 0 radical (unpaired) electrons. The lowest BCUT2D eigenvalue weighted by Gasteiger charge is -2.11. The van der Waals surface area contributed by atoms with E-state index >= 15 is 0 Å². The number of nitrogens with zero attached hydrogens (tertiary/aromatic N) is 1. The SMILES string of the molecule is Cc1cc(Cl)c(Nc2ncc(F)cc2C(=O)O)cc1Cl. The number of carboxylic acids is 1. The van der Waals surface area contributed by atoms with Crippen molar-refractivity contribution in [3.63, 3.8) is 0 Å². The predicted molar refractivity (Wildman–Crippen MR) is 75.6 cm³/mol. The van der Waals surface area contributed by atoms with Crippen LogP contribution >= 0.6 is 23.2 Å². The minimum atomic E-state index is -1.30. The van der Waals surface area contributed by atoms with E-state index in [1.54, 1.807) is 19.1 Å². The van der Waals surface area contributed by atoms with Crippen molar-refractivity contribution in [3.05, 3.63) is 51.4 Å². The maximum Gasteiger partial charge on any atom is 0.339 e. The Kier molecular flexibility index (Phi) is 4.11. The van der Waals surface area contributed by atoms with Crippen molar-refractivity contribution in [3.8, 4) is 0 Å². The van der Waals surface area contributed by atoms with Gasteiger partial charge in [-0.2, -0.15) is 0 Å². The fourth-order valence-corrected chi connectivity index (χ4v) is 2.00. The second-order valence-electron chi connectivity index (χ2n) is 4.06. The van der Waals surface area contributed by atoms with Crippen LogP contribution < -0.4 is 5.32 Å². The summed E-state index contributed by atoms with van der Waals surface area (Å²) in [5.74, 6) is -2.05. The molecule has 0 fully saturated rings. The zero-order chi connectivity index (χ0) is 14.9. The smallest absolute Gasteiger partial charge is 0.339 e. The van der Waals surface area contributed by atoms with Crippen LogP contribution in [0.25, 0.3) is 0 Å². The number of aryl methyl sites for hydroxylation is 1. The highest BCUT2D eigenvalue weighted by molar-refractivity contribution is 6.35. The van der Waals surface area contributed by atoms with E-state index < -0.39 is 11.8 Å². The molecule has 0 atom stereocenters. The van der Waals surface area contributed by atoms with Gasteiger partial charge in [-0.3, -0.25) is 0 Å². The quantitative estimate of drug-likeness (QED) is 0.887. The fraction of sp³-hybridized carbons (Fsp3) is 0.0769. The summed E-state index contributed by atoms with van der Waals surface area (Å²) in [6.07, 6.45) is 0.915. The first-order valence-electron chi connectivity index (χ1n) is 5.50. The molecule has 0 saturated heterocycles. The molecule has 0 aliphatic heterocycles. The Morgan fingerprint density at radius 3 is 2.65 bits per heavy atom. The number of pyridine rings is 1. The van der Waals surface area contributed by atoms with Gasteiger partial charge in [0.15, 0.2) is 0 Å². The van der Waals surface area contributed by atoms with Crippen LogP contribution in [0.4, 0.5) is 15.9 Å². The van der Waals surface area contributed by atoms with Crippen molar-refractivity contribution in [1.82, 2.24) is 4.98 Å². The maximum atomic E-state index is 13.0. The monoisotopic (exact) mass is 314 g/mol. The Morgan fingerprint density at radius 2 is 2.00 bits per heavy atom. The van der Waals surface area contributed by atoms with Crippen LogP contribution in [0.3, 0.4) is 0 Å². The first-order valence-corrected chi connectivity index (χ1v) is 6.25. The second-order valence-corrected chi connectivity index (χ2v) is 4.88. The third kappa shape index (κ3) is 3.00. The minimum Gasteiger partial charge on any atom is -0.478 e. The highest BCUT2D eigenvalue weighted by Crippen LogP contribution is 2.31. The van der Waals surface area contributed by atoms with Crippen molar-refractivity contribution in [2.75, 3.05) is 5.32 Å². The largest absolute Gasteiger partial charge is 0.478 e. The van der Waals surface area contributed by atoms with Crippen molar-refractivity contribution in [2.45, 2.75) is 6.92 Å². The zero-order valence-electron chi connectivity index (χ0n) is 10.2. The number of anilines is 2. The first kappa shape index (κ1) is 14.6. The molecule has 0 aliphatic carbocycles. The maximum absolute atomic E-state index is 13.0. The van der Waals surface area contributed by atoms with Crippen molar-refractivity contribution >= 4 is 40.7 Å². The van der Waals surface area contributed by atoms with E-state index in [9.17, 15) is 9.18 Å². The Morgan fingerprint density at radius 1 is 1.30 bits per heavy atom. The number of halogens is 3. The van der Waals surface area contributed by atoms with Crippen LogP contribution in [-0.4, -0.2) is 16.1 Å². The number of carbonyl (C=O) groups is 1. The molecule has 0 spiro atoms.